The van der Waals surface area contributed by atoms with Crippen molar-refractivity contribution in [1.29, 1.82) is 0 Å². The van der Waals surface area contributed by atoms with E-state index in [0.717, 1.165) is 16.8 Å². The van der Waals surface area contributed by atoms with E-state index in [4.69, 9.17) is 0 Å². The van der Waals surface area contributed by atoms with Crippen LogP contribution in [-0.2, 0) is 0 Å². The van der Waals surface area contributed by atoms with Crippen molar-refractivity contribution in [1.82, 2.24) is 9.97 Å². The summed E-state index contributed by atoms with van der Waals surface area (Å²) >= 11 is 0. The van der Waals surface area contributed by atoms with Gasteiger partial charge in [-0.2, -0.15) is 0 Å². The van der Waals surface area contributed by atoms with Crippen LogP contribution in [-0.4, -0.2) is 20.9 Å². The molecule has 1 heterocycles. The number of phenolic OH excluding ortho intramolecular Hbond substituents is 1. The van der Waals surface area contributed by atoms with Crippen LogP contribution in [0.15, 0.2) is 66.9 Å². The number of anilines is 2. The van der Waals surface area contributed by atoms with Crippen molar-refractivity contribution in [2.45, 2.75) is 13.8 Å². The molecule has 5 nitrogen and oxygen atoms in total. The number of hydrogen-bond donors (Lipinski definition) is 2. The highest BCUT2D eigenvalue weighted by Crippen LogP contribution is 2.28. The summed E-state index contributed by atoms with van der Waals surface area (Å²) in [7, 11) is 0. The zero-order valence-corrected chi connectivity index (χ0v) is 15.6. The zero-order chi connectivity index (χ0) is 19.7. The number of aryl methyl sites for hydroxylation is 2. The molecule has 0 aliphatic heterocycles. The van der Waals surface area contributed by atoms with Gasteiger partial charge in [-0.3, -0.25) is 4.79 Å². The standard InChI is InChI=1S/C23H19N3O2/c1-14-7-6-8-15(2)21(14)26-23-24-13-17-11-18(20(27)12-19(17)25-23)22(28)16-9-4-3-5-10-16/h3-13,27H,1-2H3,(H,24,25,26). The van der Waals surface area contributed by atoms with Gasteiger partial charge in [0.25, 0.3) is 0 Å². The number of carbonyl (C=O) groups is 1. The number of nitrogens with one attached hydrogen (secondary N) is 1. The molecule has 0 radical (unpaired) electrons. The van der Waals surface area contributed by atoms with Gasteiger partial charge in [0.1, 0.15) is 5.75 Å². The van der Waals surface area contributed by atoms with Crippen LogP contribution in [0.3, 0.4) is 0 Å². The maximum Gasteiger partial charge on any atom is 0.227 e. The van der Waals surface area contributed by atoms with Crippen molar-refractivity contribution < 1.29 is 9.90 Å². The highest BCUT2D eigenvalue weighted by molar-refractivity contribution is 6.12. The number of aromatic nitrogens is 2. The molecule has 0 spiro atoms. The fraction of sp³-hybridized carbons (Fsp3) is 0.0870. The van der Waals surface area contributed by atoms with Gasteiger partial charge in [-0.15, -0.1) is 0 Å². The Morgan fingerprint density at radius 2 is 1.68 bits per heavy atom. The minimum Gasteiger partial charge on any atom is -0.507 e. The highest BCUT2D eigenvalue weighted by atomic mass is 16.3. The Bertz CT molecular complexity index is 1170. The molecule has 28 heavy (non-hydrogen) atoms. The number of phenols is 1. The van der Waals surface area contributed by atoms with E-state index >= 15 is 0 Å². The summed E-state index contributed by atoms with van der Waals surface area (Å²) in [4.78, 5) is 21.5. The van der Waals surface area contributed by atoms with Gasteiger partial charge in [0.2, 0.25) is 5.95 Å². The van der Waals surface area contributed by atoms with Crippen LogP contribution >= 0.6 is 0 Å². The minimum atomic E-state index is -0.238. The first kappa shape index (κ1) is 17.7. The first-order valence-electron chi connectivity index (χ1n) is 8.95. The van der Waals surface area contributed by atoms with E-state index < -0.39 is 0 Å². The van der Waals surface area contributed by atoms with E-state index in [1.807, 2.05) is 38.1 Å². The lowest BCUT2D eigenvalue weighted by Crippen LogP contribution is -2.03. The molecule has 4 aromatic rings. The zero-order valence-electron chi connectivity index (χ0n) is 15.6. The van der Waals surface area contributed by atoms with E-state index in [9.17, 15) is 9.90 Å². The summed E-state index contributed by atoms with van der Waals surface area (Å²) < 4.78 is 0. The summed E-state index contributed by atoms with van der Waals surface area (Å²) in [6.07, 6.45) is 1.65. The van der Waals surface area contributed by atoms with E-state index in [-0.39, 0.29) is 17.1 Å². The van der Waals surface area contributed by atoms with Crippen molar-refractivity contribution in [3.63, 3.8) is 0 Å². The van der Waals surface area contributed by atoms with Crippen molar-refractivity contribution in [2.75, 3.05) is 5.32 Å². The van der Waals surface area contributed by atoms with E-state index in [2.05, 4.69) is 15.3 Å². The van der Waals surface area contributed by atoms with Gasteiger partial charge in [-0.1, -0.05) is 48.5 Å². The molecule has 5 heteroatoms. The second kappa shape index (κ2) is 7.12. The van der Waals surface area contributed by atoms with Crippen LogP contribution in [0.2, 0.25) is 0 Å². The quantitative estimate of drug-likeness (QED) is 0.499. The number of fused-ring (bicyclic) bond motifs is 1. The van der Waals surface area contributed by atoms with Crippen LogP contribution in [0.4, 0.5) is 11.6 Å². The molecule has 0 saturated heterocycles. The fourth-order valence-corrected chi connectivity index (χ4v) is 3.18. The molecule has 1 aromatic heterocycles. The number of aromatic hydroxyl groups is 1. The summed E-state index contributed by atoms with van der Waals surface area (Å²) in [5.41, 5.74) is 4.46. The summed E-state index contributed by atoms with van der Waals surface area (Å²) in [5, 5.41) is 14.3. The molecule has 2 N–H and O–H groups in total. The Hall–Kier alpha value is -3.73. The molecular formula is C23H19N3O2. The van der Waals surface area contributed by atoms with E-state index in [1.54, 1.807) is 36.5 Å². The smallest absolute Gasteiger partial charge is 0.227 e. The minimum absolute atomic E-state index is 0.0990. The summed E-state index contributed by atoms with van der Waals surface area (Å²) in [6.45, 7) is 4.04. The van der Waals surface area contributed by atoms with Gasteiger partial charge in [0.15, 0.2) is 5.78 Å². The molecule has 4 rings (SSSR count). The monoisotopic (exact) mass is 369 g/mol. The third-order valence-electron chi connectivity index (χ3n) is 4.70. The van der Waals surface area contributed by atoms with Crippen LogP contribution < -0.4 is 5.32 Å². The Morgan fingerprint density at radius 1 is 0.964 bits per heavy atom. The molecule has 0 amide bonds. The first-order chi connectivity index (χ1) is 13.5. The number of nitrogens with zero attached hydrogens (tertiary/aromatic N) is 2. The van der Waals surface area contributed by atoms with Crippen molar-refractivity contribution in [3.05, 3.63) is 89.1 Å². The van der Waals surface area contributed by atoms with Gasteiger partial charge in [0.05, 0.1) is 11.1 Å². The van der Waals surface area contributed by atoms with Crippen LogP contribution in [0.25, 0.3) is 10.9 Å². The van der Waals surface area contributed by atoms with E-state index in [0.29, 0.717) is 22.4 Å². The van der Waals surface area contributed by atoms with Crippen molar-refractivity contribution in [3.8, 4) is 5.75 Å². The van der Waals surface area contributed by atoms with Crippen molar-refractivity contribution in [2.24, 2.45) is 0 Å². The Morgan fingerprint density at radius 3 is 2.39 bits per heavy atom. The molecule has 3 aromatic carbocycles. The lowest BCUT2D eigenvalue weighted by molar-refractivity contribution is 0.103. The lowest BCUT2D eigenvalue weighted by Gasteiger charge is -2.12. The molecule has 0 atom stereocenters. The average molecular weight is 369 g/mol. The van der Waals surface area contributed by atoms with Gasteiger partial charge < -0.3 is 10.4 Å². The third-order valence-corrected chi connectivity index (χ3v) is 4.70. The van der Waals surface area contributed by atoms with Gasteiger partial charge in [-0.25, -0.2) is 9.97 Å². The molecule has 138 valence electrons. The fourth-order valence-electron chi connectivity index (χ4n) is 3.18. The second-order valence-corrected chi connectivity index (χ2v) is 6.71. The molecule has 0 aliphatic carbocycles. The van der Waals surface area contributed by atoms with Crippen molar-refractivity contribution >= 4 is 28.3 Å². The lowest BCUT2D eigenvalue weighted by atomic mass is 10.0. The van der Waals surface area contributed by atoms with Crippen LogP contribution in [0.5, 0.6) is 5.75 Å². The maximum atomic E-state index is 12.7. The number of ketones is 1. The predicted octanol–water partition coefficient (Wildman–Crippen LogP) is 4.93. The van der Waals surface area contributed by atoms with Crippen LogP contribution in [0, 0.1) is 13.8 Å². The second-order valence-electron chi connectivity index (χ2n) is 6.71. The number of carbonyl (C=O) groups excluding carboxylic acids is 1. The van der Waals surface area contributed by atoms with E-state index in [1.165, 1.54) is 6.07 Å². The molecular weight excluding hydrogens is 350 g/mol. The maximum absolute atomic E-state index is 12.7. The largest absolute Gasteiger partial charge is 0.507 e. The molecule has 0 unspecified atom stereocenters. The average Bonchev–Trinajstić information content (AvgIpc) is 2.70. The number of benzene rings is 3. The Kier molecular flexibility index (Phi) is 4.49. The highest BCUT2D eigenvalue weighted by Gasteiger charge is 2.15. The summed E-state index contributed by atoms with van der Waals surface area (Å²) in [5.74, 6) is 0.0993. The predicted molar refractivity (Wildman–Crippen MR) is 110 cm³/mol. The molecule has 0 fully saturated rings. The van der Waals surface area contributed by atoms with Crippen LogP contribution in [0.1, 0.15) is 27.0 Å². The third kappa shape index (κ3) is 3.30. The molecule has 0 aliphatic rings. The number of para-hydroxylation sites is 1. The number of hydrogen-bond acceptors (Lipinski definition) is 5. The van der Waals surface area contributed by atoms with Gasteiger partial charge in [0, 0.05) is 28.9 Å². The van der Waals surface area contributed by atoms with Gasteiger partial charge in [-0.05, 0) is 31.0 Å². The SMILES string of the molecule is Cc1cccc(C)c1Nc1ncc2cc(C(=O)c3ccccc3)c(O)cc2n1. The number of rotatable bonds is 4. The Labute approximate surface area is 162 Å². The Balaban J connectivity index is 1.71. The summed E-state index contributed by atoms with van der Waals surface area (Å²) in [6, 6.07) is 18.0. The topological polar surface area (TPSA) is 75.1 Å². The first-order valence-corrected chi connectivity index (χ1v) is 8.95. The van der Waals surface area contributed by atoms with Gasteiger partial charge >= 0.3 is 0 Å². The molecule has 0 saturated carbocycles. The normalized spacial score (nSPS) is 10.8. The molecule has 0 bridgehead atoms.